The number of rotatable bonds is 6. The number of anilines is 2. The number of hydrogen-bond acceptors (Lipinski definition) is 5. The van der Waals surface area contributed by atoms with Crippen molar-refractivity contribution in [3.63, 3.8) is 0 Å². The molecule has 1 atom stereocenters. The number of halogens is 3. The molecule has 0 unspecified atom stereocenters. The predicted molar refractivity (Wildman–Crippen MR) is 116 cm³/mol. The number of thiazole rings is 1. The maximum atomic E-state index is 12.9. The highest BCUT2D eigenvalue weighted by Gasteiger charge is 2.32. The fraction of sp³-hybridized carbons (Fsp3) is 0.273. The second-order valence-corrected chi connectivity index (χ2v) is 8.65. The van der Waals surface area contributed by atoms with Gasteiger partial charge in [-0.25, -0.2) is 4.98 Å². The lowest BCUT2D eigenvalue weighted by molar-refractivity contribution is -0.138. The normalized spacial score (nSPS) is 14.3. The predicted octanol–water partition coefficient (Wildman–Crippen LogP) is 4.61. The van der Waals surface area contributed by atoms with Gasteiger partial charge in [-0.15, -0.1) is 0 Å². The van der Waals surface area contributed by atoms with Crippen molar-refractivity contribution in [1.82, 2.24) is 4.98 Å². The smallest absolute Gasteiger partial charge is 0.360 e. The van der Waals surface area contributed by atoms with Crippen LogP contribution in [-0.2, 0) is 23.8 Å². The number of carbonyl (C=O) groups excluding carboxylic acids is 1. The molecule has 0 saturated heterocycles. The van der Waals surface area contributed by atoms with Crippen molar-refractivity contribution in [3.05, 3.63) is 64.8 Å². The van der Waals surface area contributed by atoms with E-state index in [1.165, 1.54) is 30.4 Å². The van der Waals surface area contributed by atoms with Crippen molar-refractivity contribution in [2.24, 2.45) is 5.73 Å². The average molecular weight is 446 g/mol. The van der Waals surface area contributed by atoms with Crippen LogP contribution in [0.15, 0.2) is 42.6 Å². The number of hydrogen-bond donors (Lipinski definition) is 3. The molecule has 0 bridgehead atoms. The first-order valence-corrected chi connectivity index (χ1v) is 10.6. The summed E-state index contributed by atoms with van der Waals surface area (Å²) in [6.07, 6.45) is -1.75. The molecule has 1 aliphatic heterocycles. The molecule has 1 aromatic heterocycles. The van der Waals surface area contributed by atoms with Crippen molar-refractivity contribution >= 4 is 28.1 Å². The molecule has 0 aliphatic carbocycles. The van der Waals surface area contributed by atoms with Crippen molar-refractivity contribution in [3.8, 4) is 10.4 Å². The minimum atomic E-state index is -4.35. The van der Waals surface area contributed by atoms with Gasteiger partial charge < -0.3 is 16.4 Å². The zero-order valence-electron chi connectivity index (χ0n) is 16.7. The van der Waals surface area contributed by atoms with Crippen molar-refractivity contribution < 1.29 is 18.0 Å². The van der Waals surface area contributed by atoms with Gasteiger partial charge in [0.25, 0.3) is 0 Å². The van der Waals surface area contributed by atoms with E-state index in [1.54, 1.807) is 6.20 Å². The van der Waals surface area contributed by atoms with E-state index in [2.05, 4.69) is 15.6 Å². The number of nitrogens with two attached hydrogens (primary N) is 1. The third-order valence-corrected chi connectivity index (χ3v) is 6.13. The summed E-state index contributed by atoms with van der Waals surface area (Å²) in [5.41, 5.74) is 9.32. The first-order chi connectivity index (χ1) is 14.7. The Morgan fingerprint density at radius 2 is 2.06 bits per heavy atom. The zero-order chi connectivity index (χ0) is 22.2. The first kappa shape index (κ1) is 21.3. The third-order valence-electron chi connectivity index (χ3n) is 5.13. The maximum absolute atomic E-state index is 12.9. The van der Waals surface area contributed by atoms with E-state index in [0.29, 0.717) is 24.5 Å². The van der Waals surface area contributed by atoms with E-state index in [0.717, 1.165) is 33.3 Å². The number of alkyl halides is 3. The van der Waals surface area contributed by atoms with E-state index in [1.807, 2.05) is 18.2 Å². The summed E-state index contributed by atoms with van der Waals surface area (Å²) >= 11 is 1.48. The number of nitrogens with one attached hydrogen (secondary N) is 2. The summed E-state index contributed by atoms with van der Waals surface area (Å²) in [6, 6.07) is 9.67. The number of nitrogens with zero attached hydrogens (tertiary/aromatic N) is 1. The molecule has 0 spiro atoms. The molecule has 5 nitrogen and oxygen atoms in total. The number of aryl methyl sites for hydroxylation is 1. The van der Waals surface area contributed by atoms with Crippen molar-refractivity contribution in [1.29, 1.82) is 0 Å². The summed E-state index contributed by atoms with van der Waals surface area (Å²) in [7, 11) is 0. The van der Waals surface area contributed by atoms with E-state index in [4.69, 9.17) is 5.73 Å². The molecule has 1 amide bonds. The molecule has 4 N–H and O–H groups in total. The average Bonchev–Trinajstić information content (AvgIpc) is 3.30. The van der Waals surface area contributed by atoms with Gasteiger partial charge in [-0.2, -0.15) is 13.2 Å². The number of amides is 1. The summed E-state index contributed by atoms with van der Waals surface area (Å²) in [5.74, 6) is -0.00367. The molecule has 0 radical (unpaired) electrons. The number of benzene rings is 2. The minimum absolute atomic E-state index is 0.00367. The van der Waals surface area contributed by atoms with Gasteiger partial charge in [0.2, 0.25) is 5.91 Å². The summed E-state index contributed by atoms with van der Waals surface area (Å²) < 4.78 is 38.7. The van der Waals surface area contributed by atoms with Gasteiger partial charge in [0.15, 0.2) is 5.13 Å². The lowest BCUT2D eigenvalue weighted by Crippen LogP contribution is -2.31. The number of fused-ring (bicyclic) bond motifs is 1. The fourth-order valence-corrected chi connectivity index (χ4v) is 4.46. The van der Waals surface area contributed by atoms with E-state index < -0.39 is 11.7 Å². The van der Waals surface area contributed by atoms with Crippen LogP contribution in [0, 0.1) is 6.92 Å². The Morgan fingerprint density at radius 3 is 2.81 bits per heavy atom. The summed E-state index contributed by atoms with van der Waals surface area (Å²) in [5, 5.41) is 6.73. The summed E-state index contributed by atoms with van der Waals surface area (Å²) in [4.78, 5) is 16.9. The van der Waals surface area contributed by atoms with Crippen LogP contribution in [0.5, 0.6) is 0 Å². The molecule has 3 aromatic rings. The zero-order valence-corrected chi connectivity index (χ0v) is 17.5. The van der Waals surface area contributed by atoms with Gasteiger partial charge in [-0.05, 0) is 53.8 Å². The largest absolute Gasteiger partial charge is 0.416 e. The Labute approximate surface area is 181 Å². The monoisotopic (exact) mass is 446 g/mol. The molecule has 0 saturated carbocycles. The van der Waals surface area contributed by atoms with Crippen molar-refractivity contribution in [2.45, 2.75) is 32.0 Å². The Balaban J connectivity index is 1.35. The van der Waals surface area contributed by atoms with Crippen LogP contribution < -0.4 is 16.4 Å². The van der Waals surface area contributed by atoms with Crippen LogP contribution in [0.1, 0.15) is 22.3 Å². The maximum Gasteiger partial charge on any atom is 0.416 e. The SMILES string of the molecule is Cc1cc(C[C@@H](N)CNc2ncc(-c3ccc4c(c3)CC(=O)N4)s2)ccc1C(F)(F)F. The van der Waals surface area contributed by atoms with Crippen LogP contribution in [-0.4, -0.2) is 23.5 Å². The lowest BCUT2D eigenvalue weighted by atomic mass is 10.0. The molecule has 0 fully saturated rings. The van der Waals surface area contributed by atoms with Crippen LogP contribution in [0.3, 0.4) is 0 Å². The van der Waals surface area contributed by atoms with Crippen LogP contribution in [0.4, 0.5) is 24.0 Å². The molecule has 2 aromatic carbocycles. The van der Waals surface area contributed by atoms with Crippen LogP contribution >= 0.6 is 11.3 Å². The highest BCUT2D eigenvalue weighted by molar-refractivity contribution is 7.18. The third kappa shape index (κ3) is 4.88. The van der Waals surface area contributed by atoms with E-state index in [-0.39, 0.29) is 17.5 Å². The molecule has 1 aliphatic rings. The molecule has 31 heavy (non-hydrogen) atoms. The Hall–Kier alpha value is -2.91. The van der Waals surface area contributed by atoms with Gasteiger partial charge in [0, 0.05) is 24.5 Å². The fourth-order valence-electron chi connectivity index (χ4n) is 3.64. The van der Waals surface area contributed by atoms with Gasteiger partial charge in [-0.3, -0.25) is 4.79 Å². The minimum Gasteiger partial charge on any atom is -0.360 e. The second-order valence-electron chi connectivity index (χ2n) is 7.62. The molecular formula is C22H21F3N4OS. The quantitative estimate of drug-likeness (QED) is 0.517. The molecule has 162 valence electrons. The molecular weight excluding hydrogens is 425 g/mol. The molecule has 2 heterocycles. The summed E-state index contributed by atoms with van der Waals surface area (Å²) in [6.45, 7) is 1.90. The van der Waals surface area contributed by atoms with E-state index in [9.17, 15) is 18.0 Å². The first-order valence-electron chi connectivity index (χ1n) is 9.74. The number of aromatic nitrogens is 1. The van der Waals surface area contributed by atoms with Gasteiger partial charge in [0.05, 0.1) is 16.9 Å². The highest BCUT2D eigenvalue weighted by Crippen LogP contribution is 2.34. The topological polar surface area (TPSA) is 80.0 Å². The standard InChI is InChI=1S/C22H21F3N4OS/c1-12-6-13(2-4-17(12)22(23,24)25)7-16(26)10-27-21-28-11-19(31-21)14-3-5-18-15(8-14)9-20(30)29-18/h2-6,8,11,16H,7,9-10,26H2,1H3,(H,27,28)(H,29,30)/t16-/m1/s1. The van der Waals surface area contributed by atoms with Crippen LogP contribution in [0.2, 0.25) is 0 Å². The Morgan fingerprint density at radius 1 is 1.26 bits per heavy atom. The highest BCUT2D eigenvalue weighted by atomic mass is 32.1. The van der Waals surface area contributed by atoms with Crippen LogP contribution in [0.25, 0.3) is 10.4 Å². The van der Waals surface area contributed by atoms with Crippen molar-refractivity contribution in [2.75, 3.05) is 17.2 Å². The van der Waals surface area contributed by atoms with Gasteiger partial charge in [0.1, 0.15) is 0 Å². The van der Waals surface area contributed by atoms with Gasteiger partial charge >= 0.3 is 6.18 Å². The molecule has 9 heteroatoms. The Kier molecular flexibility index (Phi) is 5.72. The van der Waals surface area contributed by atoms with Gasteiger partial charge in [-0.1, -0.05) is 29.5 Å². The second kappa shape index (κ2) is 8.32. The number of carbonyl (C=O) groups is 1. The Bertz CT molecular complexity index is 1130. The molecule has 4 rings (SSSR count). The lowest BCUT2D eigenvalue weighted by Gasteiger charge is -2.15. The van der Waals surface area contributed by atoms with E-state index >= 15 is 0 Å².